The van der Waals surface area contributed by atoms with E-state index >= 15 is 0 Å². The van der Waals surface area contributed by atoms with Gasteiger partial charge in [0.15, 0.2) is 0 Å². The standard InChI is InChI=1S/C12H16O2/c1-8(2)12-10-6-4-3-5-9(10)7-11(13)14-12/h7-8H,3-6H2,1-2H3. The molecule has 0 N–H and O–H groups in total. The lowest BCUT2D eigenvalue weighted by atomic mass is 9.89. The summed E-state index contributed by atoms with van der Waals surface area (Å²) in [7, 11) is 0. The highest BCUT2D eigenvalue weighted by Crippen LogP contribution is 2.27. The molecule has 76 valence electrons. The van der Waals surface area contributed by atoms with Gasteiger partial charge in [-0.2, -0.15) is 0 Å². The predicted molar refractivity (Wildman–Crippen MR) is 55.7 cm³/mol. The van der Waals surface area contributed by atoms with Crippen molar-refractivity contribution in [2.24, 2.45) is 0 Å². The second-order valence-electron chi connectivity index (χ2n) is 4.30. The average molecular weight is 192 g/mol. The van der Waals surface area contributed by atoms with Gasteiger partial charge in [0.2, 0.25) is 0 Å². The summed E-state index contributed by atoms with van der Waals surface area (Å²) >= 11 is 0. The molecule has 0 amide bonds. The van der Waals surface area contributed by atoms with Gasteiger partial charge < -0.3 is 4.42 Å². The Morgan fingerprint density at radius 1 is 1.29 bits per heavy atom. The monoisotopic (exact) mass is 192 g/mol. The molecular formula is C12H16O2. The molecule has 0 unspecified atom stereocenters. The van der Waals surface area contributed by atoms with E-state index < -0.39 is 0 Å². The van der Waals surface area contributed by atoms with Gasteiger partial charge in [-0.05, 0) is 36.8 Å². The maximum atomic E-state index is 11.3. The zero-order chi connectivity index (χ0) is 10.1. The van der Waals surface area contributed by atoms with Gasteiger partial charge >= 0.3 is 5.63 Å². The Morgan fingerprint density at radius 3 is 2.71 bits per heavy atom. The van der Waals surface area contributed by atoms with Gasteiger partial charge in [-0.25, -0.2) is 4.79 Å². The fourth-order valence-corrected chi connectivity index (χ4v) is 2.18. The van der Waals surface area contributed by atoms with Crippen molar-refractivity contribution in [2.45, 2.75) is 45.4 Å². The fourth-order valence-electron chi connectivity index (χ4n) is 2.18. The molecule has 0 aromatic carbocycles. The Balaban J connectivity index is 2.58. The third kappa shape index (κ3) is 1.61. The summed E-state index contributed by atoms with van der Waals surface area (Å²) in [4.78, 5) is 11.3. The minimum absolute atomic E-state index is 0.186. The van der Waals surface area contributed by atoms with E-state index in [1.165, 1.54) is 24.0 Å². The lowest BCUT2D eigenvalue weighted by Gasteiger charge is -2.18. The van der Waals surface area contributed by atoms with Crippen LogP contribution >= 0.6 is 0 Å². The maximum absolute atomic E-state index is 11.3. The Bertz CT molecular complexity index is 388. The average Bonchev–Trinajstić information content (AvgIpc) is 2.16. The SMILES string of the molecule is CC(C)c1oc(=O)cc2c1CCCC2. The molecule has 2 heteroatoms. The lowest BCUT2D eigenvalue weighted by Crippen LogP contribution is -2.13. The second kappa shape index (κ2) is 3.60. The Hall–Kier alpha value is -1.05. The molecule has 1 aliphatic carbocycles. The number of hydrogen-bond donors (Lipinski definition) is 0. The van der Waals surface area contributed by atoms with Crippen LogP contribution in [-0.4, -0.2) is 0 Å². The third-order valence-corrected chi connectivity index (χ3v) is 2.83. The molecule has 0 fully saturated rings. The van der Waals surface area contributed by atoms with Crippen LogP contribution in [0.4, 0.5) is 0 Å². The summed E-state index contributed by atoms with van der Waals surface area (Å²) in [5.41, 5.74) is 2.33. The third-order valence-electron chi connectivity index (χ3n) is 2.83. The van der Waals surface area contributed by atoms with E-state index in [0.717, 1.165) is 18.6 Å². The first-order chi connectivity index (χ1) is 6.68. The normalized spacial score (nSPS) is 15.6. The molecule has 1 heterocycles. The van der Waals surface area contributed by atoms with Crippen LogP contribution in [0.3, 0.4) is 0 Å². The highest BCUT2D eigenvalue weighted by Gasteiger charge is 2.18. The van der Waals surface area contributed by atoms with Gasteiger partial charge in [0.25, 0.3) is 0 Å². The minimum atomic E-state index is -0.186. The highest BCUT2D eigenvalue weighted by atomic mass is 16.4. The van der Waals surface area contributed by atoms with Crippen molar-refractivity contribution in [1.82, 2.24) is 0 Å². The smallest absolute Gasteiger partial charge is 0.336 e. The number of hydrogen-bond acceptors (Lipinski definition) is 2. The van der Waals surface area contributed by atoms with Crippen molar-refractivity contribution in [1.29, 1.82) is 0 Å². The van der Waals surface area contributed by atoms with Crippen LogP contribution in [0.1, 0.15) is 49.5 Å². The molecule has 0 bridgehead atoms. The van der Waals surface area contributed by atoms with Gasteiger partial charge in [0, 0.05) is 12.0 Å². The van der Waals surface area contributed by atoms with Crippen LogP contribution < -0.4 is 5.63 Å². The Morgan fingerprint density at radius 2 is 2.00 bits per heavy atom. The van der Waals surface area contributed by atoms with Crippen LogP contribution in [0, 0.1) is 0 Å². The molecule has 0 saturated heterocycles. The van der Waals surface area contributed by atoms with Gasteiger partial charge in [0.1, 0.15) is 5.76 Å². The summed E-state index contributed by atoms with van der Waals surface area (Å²) in [6.07, 6.45) is 4.54. The largest absolute Gasteiger partial charge is 0.427 e. The van der Waals surface area contributed by atoms with E-state index in [1.807, 2.05) is 0 Å². The van der Waals surface area contributed by atoms with Crippen molar-refractivity contribution < 1.29 is 4.42 Å². The first kappa shape index (κ1) is 9.50. The first-order valence-electron chi connectivity index (χ1n) is 5.34. The molecule has 1 aliphatic rings. The van der Waals surface area contributed by atoms with Crippen LogP contribution in [0.15, 0.2) is 15.3 Å². The summed E-state index contributed by atoms with van der Waals surface area (Å²) in [5, 5.41) is 0. The molecule has 14 heavy (non-hydrogen) atoms. The maximum Gasteiger partial charge on any atom is 0.336 e. The molecule has 2 nitrogen and oxygen atoms in total. The molecule has 0 saturated carbocycles. The molecule has 0 atom stereocenters. The molecule has 0 radical (unpaired) electrons. The van der Waals surface area contributed by atoms with Crippen molar-refractivity contribution >= 4 is 0 Å². The van der Waals surface area contributed by atoms with E-state index in [1.54, 1.807) is 6.07 Å². The predicted octanol–water partition coefficient (Wildman–Crippen LogP) is 2.64. The minimum Gasteiger partial charge on any atom is -0.427 e. The highest BCUT2D eigenvalue weighted by molar-refractivity contribution is 5.31. The van der Waals surface area contributed by atoms with Crippen LogP contribution in [0.5, 0.6) is 0 Å². The molecule has 2 rings (SSSR count). The number of rotatable bonds is 1. The van der Waals surface area contributed by atoms with E-state index in [-0.39, 0.29) is 5.63 Å². The quantitative estimate of drug-likeness (QED) is 0.684. The molecule has 1 aromatic rings. The summed E-state index contributed by atoms with van der Waals surface area (Å²) in [6, 6.07) is 1.67. The van der Waals surface area contributed by atoms with Gasteiger partial charge in [-0.1, -0.05) is 13.8 Å². The summed E-state index contributed by atoms with van der Waals surface area (Å²) < 4.78 is 5.28. The van der Waals surface area contributed by atoms with Crippen LogP contribution in [-0.2, 0) is 12.8 Å². The van der Waals surface area contributed by atoms with Crippen LogP contribution in [0.2, 0.25) is 0 Å². The van der Waals surface area contributed by atoms with Crippen LogP contribution in [0.25, 0.3) is 0 Å². The van der Waals surface area contributed by atoms with E-state index in [2.05, 4.69) is 13.8 Å². The summed E-state index contributed by atoms with van der Waals surface area (Å²) in [5.74, 6) is 1.22. The van der Waals surface area contributed by atoms with Gasteiger partial charge in [-0.3, -0.25) is 0 Å². The Kier molecular flexibility index (Phi) is 2.44. The van der Waals surface area contributed by atoms with Crippen molar-refractivity contribution in [2.75, 3.05) is 0 Å². The van der Waals surface area contributed by atoms with Gasteiger partial charge in [-0.15, -0.1) is 0 Å². The zero-order valence-electron chi connectivity index (χ0n) is 8.80. The lowest BCUT2D eigenvalue weighted by molar-refractivity contribution is 0.423. The first-order valence-corrected chi connectivity index (χ1v) is 5.34. The number of fused-ring (bicyclic) bond motifs is 1. The molecule has 0 aliphatic heterocycles. The fraction of sp³-hybridized carbons (Fsp3) is 0.583. The second-order valence-corrected chi connectivity index (χ2v) is 4.30. The zero-order valence-corrected chi connectivity index (χ0v) is 8.80. The van der Waals surface area contributed by atoms with Crippen molar-refractivity contribution in [3.8, 4) is 0 Å². The number of aryl methyl sites for hydroxylation is 1. The van der Waals surface area contributed by atoms with E-state index in [0.29, 0.717) is 5.92 Å². The summed E-state index contributed by atoms with van der Waals surface area (Å²) in [6.45, 7) is 4.15. The molecule has 1 aromatic heterocycles. The van der Waals surface area contributed by atoms with E-state index in [9.17, 15) is 4.79 Å². The topological polar surface area (TPSA) is 30.2 Å². The van der Waals surface area contributed by atoms with Crippen molar-refractivity contribution in [3.63, 3.8) is 0 Å². The molecular weight excluding hydrogens is 176 g/mol. The van der Waals surface area contributed by atoms with Crippen molar-refractivity contribution in [3.05, 3.63) is 33.4 Å². The Labute approximate surface area is 83.9 Å². The molecule has 0 spiro atoms. The van der Waals surface area contributed by atoms with E-state index in [4.69, 9.17) is 4.42 Å². The van der Waals surface area contributed by atoms with Gasteiger partial charge in [0.05, 0.1) is 0 Å².